The Bertz CT molecular complexity index is 872. The van der Waals surface area contributed by atoms with Gasteiger partial charge in [0.1, 0.15) is 17.8 Å². The lowest BCUT2D eigenvalue weighted by Crippen LogP contribution is -2.21. The molecule has 1 aromatic heterocycles. The number of aryl methyl sites for hydroxylation is 1. The first kappa shape index (κ1) is 20.5. The number of Topliss-reactive ketones (excluding diaryl/α,β-unsaturated/α-hetero) is 1. The summed E-state index contributed by atoms with van der Waals surface area (Å²) in [6.07, 6.45) is 1.07. The van der Waals surface area contributed by atoms with Crippen LogP contribution in [0, 0.1) is 12.8 Å². The number of carbonyl (C=O) groups is 3. The summed E-state index contributed by atoms with van der Waals surface area (Å²) in [6.45, 7) is 7.76. The first-order valence-electron chi connectivity index (χ1n) is 9.08. The zero-order valence-corrected chi connectivity index (χ0v) is 16.5. The van der Waals surface area contributed by atoms with Gasteiger partial charge in [0.15, 0.2) is 0 Å². The van der Waals surface area contributed by atoms with Crippen LogP contribution in [0.3, 0.4) is 0 Å². The van der Waals surface area contributed by atoms with Crippen molar-refractivity contribution in [2.45, 2.75) is 40.0 Å². The zero-order valence-electron chi connectivity index (χ0n) is 16.5. The highest BCUT2D eigenvalue weighted by molar-refractivity contribution is 5.93. The van der Waals surface area contributed by atoms with Gasteiger partial charge in [0.2, 0.25) is 0 Å². The van der Waals surface area contributed by atoms with Crippen molar-refractivity contribution in [2.75, 3.05) is 7.05 Å². The second-order valence-corrected chi connectivity index (χ2v) is 7.07. The minimum absolute atomic E-state index is 0.0378. The molecule has 5 heteroatoms. The highest BCUT2D eigenvalue weighted by atomic mass is 16.2. The fourth-order valence-corrected chi connectivity index (χ4v) is 3.02. The summed E-state index contributed by atoms with van der Waals surface area (Å²) in [4.78, 5) is 40.1. The van der Waals surface area contributed by atoms with Crippen molar-refractivity contribution in [3.05, 3.63) is 64.0 Å². The number of rotatable bonds is 7. The molecule has 1 heterocycles. The normalized spacial score (nSPS) is 11.9. The average molecular weight is 366 g/mol. The molecule has 0 saturated heterocycles. The molecule has 0 bridgehead atoms. The van der Waals surface area contributed by atoms with E-state index in [2.05, 4.69) is 10.3 Å². The molecule has 0 aliphatic rings. The number of amides is 1. The predicted molar refractivity (Wildman–Crippen MR) is 105 cm³/mol. The molecule has 2 rings (SSSR count). The Kier molecular flexibility index (Phi) is 6.61. The molecule has 0 radical (unpaired) electrons. The number of nitrogens with one attached hydrogen (secondary N) is 1. The van der Waals surface area contributed by atoms with Crippen molar-refractivity contribution in [2.24, 2.45) is 5.92 Å². The molecule has 1 amide bonds. The molecular weight excluding hydrogens is 340 g/mol. The number of ketones is 1. The zero-order chi connectivity index (χ0) is 20.1. The molecule has 0 fully saturated rings. The summed E-state index contributed by atoms with van der Waals surface area (Å²) < 4.78 is 0. The molecule has 1 aromatic carbocycles. The number of hydrogen-bond donors (Lipinski definition) is 1. The van der Waals surface area contributed by atoms with E-state index in [9.17, 15) is 14.4 Å². The lowest BCUT2D eigenvalue weighted by Gasteiger charge is -2.19. The minimum Gasteiger partial charge on any atom is -0.354 e. The average Bonchev–Trinajstić information content (AvgIpc) is 2.67. The van der Waals surface area contributed by atoms with Gasteiger partial charge in [-0.1, -0.05) is 39.0 Å². The van der Waals surface area contributed by atoms with Crippen LogP contribution >= 0.6 is 0 Å². The van der Waals surface area contributed by atoms with Gasteiger partial charge in [0, 0.05) is 36.6 Å². The highest BCUT2D eigenvalue weighted by Gasteiger charge is 2.20. The molecule has 0 spiro atoms. The van der Waals surface area contributed by atoms with E-state index in [1.807, 2.05) is 45.9 Å². The fourth-order valence-electron chi connectivity index (χ4n) is 3.02. The number of hydrogen-bond acceptors (Lipinski definition) is 4. The van der Waals surface area contributed by atoms with Crippen LogP contribution in [0.25, 0.3) is 0 Å². The Labute approximate surface area is 160 Å². The molecular formula is C22H26N2O3. The first-order valence-corrected chi connectivity index (χ1v) is 9.08. The van der Waals surface area contributed by atoms with Crippen LogP contribution in [0.1, 0.15) is 69.9 Å². The molecule has 2 aromatic rings. The third-order valence-electron chi connectivity index (χ3n) is 4.81. The van der Waals surface area contributed by atoms with Gasteiger partial charge in [0.25, 0.3) is 5.91 Å². The third kappa shape index (κ3) is 4.67. The largest absolute Gasteiger partial charge is 0.354 e. The lowest BCUT2D eigenvalue weighted by atomic mass is 9.86. The second-order valence-electron chi connectivity index (χ2n) is 7.07. The summed E-state index contributed by atoms with van der Waals surface area (Å²) in [5, 5.41) is 2.54. The van der Waals surface area contributed by atoms with Gasteiger partial charge < -0.3 is 5.32 Å². The Hall–Kier alpha value is -2.82. The van der Waals surface area contributed by atoms with Crippen LogP contribution in [0.2, 0.25) is 0 Å². The Morgan fingerprint density at radius 3 is 2.48 bits per heavy atom. The van der Waals surface area contributed by atoms with Gasteiger partial charge in [-0.25, -0.2) is 4.98 Å². The van der Waals surface area contributed by atoms with Gasteiger partial charge in [-0.15, -0.1) is 0 Å². The van der Waals surface area contributed by atoms with Crippen LogP contribution in [0.15, 0.2) is 30.3 Å². The summed E-state index contributed by atoms with van der Waals surface area (Å²) >= 11 is 0. The van der Waals surface area contributed by atoms with E-state index in [-0.39, 0.29) is 29.2 Å². The smallest absolute Gasteiger partial charge is 0.269 e. The van der Waals surface area contributed by atoms with Crippen molar-refractivity contribution >= 4 is 18.0 Å². The Morgan fingerprint density at radius 1 is 1.19 bits per heavy atom. The fraction of sp³-hybridized carbons (Fsp3) is 0.364. The predicted octanol–water partition coefficient (Wildman–Crippen LogP) is 3.48. The first-order chi connectivity index (χ1) is 12.8. The van der Waals surface area contributed by atoms with E-state index in [1.165, 1.54) is 13.1 Å². The van der Waals surface area contributed by atoms with Crippen molar-refractivity contribution in [1.82, 2.24) is 10.3 Å². The van der Waals surface area contributed by atoms with Gasteiger partial charge in [-0.2, -0.15) is 0 Å². The quantitative estimate of drug-likeness (QED) is 0.761. The van der Waals surface area contributed by atoms with E-state index in [4.69, 9.17) is 0 Å². The molecule has 27 heavy (non-hydrogen) atoms. The van der Waals surface area contributed by atoms with Gasteiger partial charge in [0.05, 0.1) is 0 Å². The van der Waals surface area contributed by atoms with E-state index in [0.29, 0.717) is 24.0 Å². The third-order valence-corrected chi connectivity index (χ3v) is 4.81. The van der Waals surface area contributed by atoms with E-state index in [1.54, 1.807) is 6.07 Å². The topological polar surface area (TPSA) is 76.1 Å². The van der Waals surface area contributed by atoms with Gasteiger partial charge in [-0.3, -0.25) is 14.4 Å². The molecule has 0 aliphatic carbocycles. The summed E-state index contributed by atoms with van der Waals surface area (Å²) in [5.41, 5.74) is 4.26. The van der Waals surface area contributed by atoms with Crippen molar-refractivity contribution in [3.63, 3.8) is 0 Å². The standard InChI is InChI=1S/C22H26N2O3/c1-13(2)21(26)11-18-14(3)7-6-8-17(18)15(4)19-9-16(12-25)10-20(24-19)22(27)23-5/h6-10,12-13,15H,11H2,1-5H3,(H,23,27). The van der Waals surface area contributed by atoms with Crippen LogP contribution < -0.4 is 5.32 Å². The number of aromatic nitrogens is 1. The van der Waals surface area contributed by atoms with Crippen LogP contribution in [-0.4, -0.2) is 30.0 Å². The highest BCUT2D eigenvalue weighted by Crippen LogP contribution is 2.29. The molecule has 1 atom stereocenters. The van der Waals surface area contributed by atoms with Gasteiger partial charge in [-0.05, 0) is 35.7 Å². The molecule has 142 valence electrons. The molecule has 1 unspecified atom stereocenters. The molecule has 5 nitrogen and oxygen atoms in total. The molecule has 0 saturated carbocycles. The SMILES string of the molecule is CNC(=O)c1cc(C=O)cc(C(C)c2cccc(C)c2CC(=O)C(C)C)n1. The number of aldehydes is 1. The number of pyridine rings is 1. The van der Waals surface area contributed by atoms with Crippen LogP contribution in [0.5, 0.6) is 0 Å². The Morgan fingerprint density at radius 2 is 1.89 bits per heavy atom. The maximum Gasteiger partial charge on any atom is 0.269 e. The summed E-state index contributed by atoms with van der Waals surface area (Å²) in [7, 11) is 1.52. The van der Waals surface area contributed by atoms with Gasteiger partial charge >= 0.3 is 0 Å². The Balaban J connectivity index is 2.53. The minimum atomic E-state index is -0.341. The maximum atomic E-state index is 12.3. The van der Waals surface area contributed by atoms with E-state index < -0.39 is 0 Å². The van der Waals surface area contributed by atoms with Crippen molar-refractivity contribution in [1.29, 1.82) is 0 Å². The van der Waals surface area contributed by atoms with Crippen LogP contribution in [-0.2, 0) is 11.2 Å². The van der Waals surface area contributed by atoms with Crippen molar-refractivity contribution < 1.29 is 14.4 Å². The van der Waals surface area contributed by atoms with E-state index >= 15 is 0 Å². The van der Waals surface area contributed by atoms with Crippen LogP contribution in [0.4, 0.5) is 0 Å². The maximum absolute atomic E-state index is 12.3. The summed E-state index contributed by atoms with van der Waals surface area (Å²) in [5.74, 6) is -0.364. The number of carbonyl (C=O) groups excluding carboxylic acids is 3. The lowest BCUT2D eigenvalue weighted by molar-refractivity contribution is -0.121. The number of nitrogens with zero attached hydrogens (tertiary/aromatic N) is 1. The second kappa shape index (κ2) is 8.71. The summed E-state index contributed by atoms with van der Waals surface area (Å²) in [6, 6.07) is 9.09. The molecule has 1 N–H and O–H groups in total. The monoisotopic (exact) mass is 366 g/mol. The number of benzene rings is 1. The van der Waals surface area contributed by atoms with E-state index in [0.717, 1.165) is 16.7 Å². The van der Waals surface area contributed by atoms with Crippen molar-refractivity contribution in [3.8, 4) is 0 Å². The molecule has 0 aliphatic heterocycles.